The molecule has 0 saturated carbocycles. The smallest absolute Gasteiger partial charge is 0.307 e. The van der Waals surface area contributed by atoms with Gasteiger partial charge in [-0.25, -0.2) is 0 Å². The summed E-state index contributed by atoms with van der Waals surface area (Å²) in [6.07, 6.45) is 2.77. The Morgan fingerprint density at radius 2 is 2.06 bits per heavy atom. The van der Waals surface area contributed by atoms with E-state index in [2.05, 4.69) is 4.99 Å². The molecular weight excluding hydrogens is 228 g/mol. The molecule has 0 aliphatic heterocycles. The number of benzene rings is 1. The van der Waals surface area contributed by atoms with Gasteiger partial charge in [0.2, 0.25) is 0 Å². The molecule has 1 unspecified atom stereocenters. The van der Waals surface area contributed by atoms with Crippen LogP contribution in [0.5, 0.6) is 0 Å². The fourth-order valence-electron chi connectivity index (χ4n) is 1.57. The van der Waals surface area contributed by atoms with E-state index in [4.69, 9.17) is 4.74 Å². The van der Waals surface area contributed by atoms with Gasteiger partial charge in [0.15, 0.2) is 0 Å². The van der Waals surface area contributed by atoms with Crippen LogP contribution in [0.1, 0.15) is 12.0 Å². The Kier molecular flexibility index (Phi) is 5.91. The molecule has 0 bridgehead atoms. The Morgan fingerprint density at radius 3 is 2.61 bits per heavy atom. The maximum atomic E-state index is 11.3. The average molecular weight is 248 g/mol. The van der Waals surface area contributed by atoms with Crippen LogP contribution in [0, 0.1) is 0 Å². The van der Waals surface area contributed by atoms with Crippen molar-refractivity contribution < 1.29 is 9.53 Å². The number of hydrogen-bond donors (Lipinski definition) is 0. The molecule has 1 atom stereocenters. The van der Waals surface area contributed by atoms with E-state index >= 15 is 0 Å². The highest BCUT2D eigenvalue weighted by Gasteiger charge is 2.13. The molecule has 0 aliphatic carbocycles. The molecule has 0 amide bonds. The molecule has 98 valence electrons. The second-order valence-electron chi connectivity index (χ2n) is 4.35. The lowest BCUT2D eigenvalue weighted by atomic mass is 10.0. The first-order valence-corrected chi connectivity index (χ1v) is 5.92. The van der Waals surface area contributed by atoms with E-state index in [1.165, 1.54) is 12.7 Å². The Balaban J connectivity index is 2.68. The highest BCUT2D eigenvalue weighted by Crippen LogP contribution is 2.09. The molecule has 0 fully saturated rings. The molecule has 4 heteroatoms. The predicted octanol–water partition coefficient (Wildman–Crippen LogP) is 1.75. The lowest BCUT2D eigenvalue weighted by molar-refractivity contribution is -0.140. The summed E-state index contributed by atoms with van der Waals surface area (Å²) in [5, 5.41) is 0. The molecule has 18 heavy (non-hydrogen) atoms. The highest BCUT2D eigenvalue weighted by atomic mass is 16.5. The van der Waals surface area contributed by atoms with Gasteiger partial charge in [-0.2, -0.15) is 0 Å². The third-order valence-electron chi connectivity index (χ3n) is 2.45. The zero-order chi connectivity index (χ0) is 13.4. The Hall–Kier alpha value is -1.84. The molecule has 4 nitrogen and oxygen atoms in total. The average Bonchev–Trinajstić information content (AvgIpc) is 2.37. The van der Waals surface area contributed by atoms with Crippen molar-refractivity contribution in [3.8, 4) is 0 Å². The van der Waals surface area contributed by atoms with E-state index in [0.29, 0.717) is 6.42 Å². The van der Waals surface area contributed by atoms with Crippen molar-refractivity contribution in [3.63, 3.8) is 0 Å². The van der Waals surface area contributed by atoms with Gasteiger partial charge in [0.25, 0.3) is 0 Å². The zero-order valence-electron chi connectivity index (χ0n) is 11.2. The molecule has 0 N–H and O–H groups in total. The maximum absolute atomic E-state index is 11.3. The number of carbonyl (C=O) groups excluding carboxylic acids is 1. The fraction of sp³-hybridized carbons (Fsp3) is 0.429. The summed E-state index contributed by atoms with van der Waals surface area (Å²) in [5.41, 5.74) is 1.17. The van der Waals surface area contributed by atoms with E-state index in [1.54, 1.807) is 6.34 Å². The second kappa shape index (κ2) is 7.48. The van der Waals surface area contributed by atoms with Crippen LogP contribution in [-0.4, -0.2) is 44.5 Å². The van der Waals surface area contributed by atoms with Crippen LogP contribution in [0.4, 0.5) is 0 Å². The third kappa shape index (κ3) is 5.48. The minimum Gasteiger partial charge on any atom is -0.469 e. The lowest BCUT2D eigenvalue weighted by Crippen LogP contribution is -2.18. The Bertz CT molecular complexity index is 388. The highest BCUT2D eigenvalue weighted by molar-refractivity contribution is 5.70. The number of hydrogen-bond acceptors (Lipinski definition) is 3. The van der Waals surface area contributed by atoms with Crippen molar-refractivity contribution in [2.24, 2.45) is 4.99 Å². The van der Waals surface area contributed by atoms with Crippen LogP contribution in [0.25, 0.3) is 0 Å². The molecule has 1 rings (SSSR count). The number of esters is 1. The van der Waals surface area contributed by atoms with E-state index < -0.39 is 0 Å². The Labute approximate surface area is 108 Å². The molecule has 0 aromatic heterocycles. The first-order valence-electron chi connectivity index (χ1n) is 5.92. The first kappa shape index (κ1) is 14.2. The van der Waals surface area contributed by atoms with E-state index in [-0.39, 0.29) is 12.0 Å². The number of carbonyl (C=O) groups is 1. The topological polar surface area (TPSA) is 41.9 Å². The zero-order valence-corrected chi connectivity index (χ0v) is 11.2. The molecular formula is C14H20N2O2. The largest absolute Gasteiger partial charge is 0.469 e. The van der Waals surface area contributed by atoms with Crippen molar-refractivity contribution >= 4 is 12.3 Å². The van der Waals surface area contributed by atoms with Crippen molar-refractivity contribution in [1.29, 1.82) is 0 Å². The van der Waals surface area contributed by atoms with Gasteiger partial charge in [-0.05, 0) is 12.0 Å². The normalized spacial score (nSPS) is 12.4. The van der Waals surface area contributed by atoms with Crippen molar-refractivity contribution in [3.05, 3.63) is 35.9 Å². The summed E-state index contributed by atoms with van der Waals surface area (Å²) >= 11 is 0. The maximum Gasteiger partial charge on any atom is 0.307 e. The summed E-state index contributed by atoms with van der Waals surface area (Å²) in [6.45, 7) is 0. The van der Waals surface area contributed by atoms with Crippen LogP contribution < -0.4 is 0 Å². The van der Waals surface area contributed by atoms with Crippen molar-refractivity contribution in [1.82, 2.24) is 4.90 Å². The van der Waals surface area contributed by atoms with Gasteiger partial charge >= 0.3 is 5.97 Å². The molecule has 0 radical (unpaired) electrons. The third-order valence-corrected chi connectivity index (χ3v) is 2.45. The summed E-state index contributed by atoms with van der Waals surface area (Å²) in [6, 6.07) is 9.94. The molecule has 0 saturated heterocycles. The fourth-order valence-corrected chi connectivity index (χ4v) is 1.57. The number of methoxy groups -OCH3 is 1. The summed E-state index contributed by atoms with van der Waals surface area (Å²) in [4.78, 5) is 17.6. The number of ether oxygens (including phenoxy) is 1. The standard InChI is InChI=1S/C14H20N2O2/c1-16(2)11-15-13(10-14(17)18-3)9-12-7-5-4-6-8-12/h4-8,11,13H,9-10H2,1-3H3. The summed E-state index contributed by atoms with van der Waals surface area (Å²) < 4.78 is 4.70. The second-order valence-corrected chi connectivity index (χ2v) is 4.35. The predicted molar refractivity (Wildman–Crippen MR) is 72.7 cm³/mol. The molecule has 1 aromatic rings. The SMILES string of the molecule is COC(=O)CC(Cc1ccccc1)N=CN(C)C. The Morgan fingerprint density at radius 1 is 1.39 bits per heavy atom. The molecule has 1 aromatic carbocycles. The van der Waals surface area contributed by atoms with Gasteiger partial charge < -0.3 is 9.64 Å². The van der Waals surface area contributed by atoms with Crippen LogP contribution in [0.2, 0.25) is 0 Å². The van der Waals surface area contributed by atoms with E-state index in [9.17, 15) is 4.79 Å². The summed E-state index contributed by atoms with van der Waals surface area (Å²) in [5.74, 6) is -0.230. The van der Waals surface area contributed by atoms with Crippen molar-refractivity contribution in [2.45, 2.75) is 18.9 Å². The van der Waals surface area contributed by atoms with Gasteiger partial charge in [0.1, 0.15) is 0 Å². The van der Waals surface area contributed by atoms with Crippen molar-refractivity contribution in [2.75, 3.05) is 21.2 Å². The van der Waals surface area contributed by atoms with Gasteiger partial charge in [-0.1, -0.05) is 30.3 Å². The monoisotopic (exact) mass is 248 g/mol. The minimum atomic E-state index is -0.230. The minimum absolute atomic E-state index is 0.0813. The summed E-state index contributed by atoms with van der Waals surface area (Å²) in [7, 11) is 5.21. The lowest BCUT2D eigenvalue weighted by Gasteiger charge is -2.12. The van der Waals surface area contributed by atoms with E-state index in [1.807, 2.05) is 49.3 Å². The number of aliphatic imine (C=N–C) groups is 1. The van der Waals surface area contributed by atoms with E-state index in [0.717, 1.165) is 6.42 Å². The quantitative estimate of drug-likeness (QED) is 0.437. The molecule has 0 heterocycles. The van der Waals surface area contributed by atoms with Crippen LogP contribution >= 0.6 is 0 Å². The molecule has 0 spiro atoms. The van der Waals surface area contributed by atoms with Gasteiger partial charge in [-0.15, -0.1) is 0 Å². The number of nitrogens with zero attached hydrogens (tertiary/aromatic N) is 2. The number of rotatable bonds is 6. The first-order chi connectivity index (χ1) is 8.61. The van der Waals surface area contributed by atoms with Gasteiger partial charge in [-0.3, -0.25) is 9.79 Å². The van der Waals surface area contributed by atoms with Crippen LogP contribution in [0.15, 0.2) is 35.3 Å². The molecule has 0 aliphatic rings. The van der Waals surface area contributed by atoms with Crippen LogP contribution in [-0.2, 0) is 16.0 Å². The van der Waals surface area contributed by atoms with Gasteiger partial charge in [0.05, 0.1) is 25.9 Å². The van der Waals surface area contributed by atoms with Crippen LogP contribution in [0.3, 0.4) is 0 Å². The van der Waals surface area contributed by atoms with Gasteiger partial charge in [0, 0.05) is 14.1 Å².